The highest BCUT2D eigenvalue weighted by Crippen LogP contribution is 1.92. The van der Waals surface area contributed by atoms with Crippen LogP contribution in [0, 0.1) is 0 Å². The summed E-state index contributed by atoms with van der Waals surface area (Å²) in [7, 11) is 1.46. The quantitative estimate of drug-likeness (QED) is 0.307. The van der Waals surface area contributed by atoms with Crippen LogP contribution in [0.1, 0.15) is 6.42 Å². The summed E-state index contributed by atoms with van der Waals surface area (Å²) in [6.07, 6.45) is -0.761. The van der Waals surface area contributed by atoms with Crippen LogP contribution in [0.4, 0.5) is 4.79 Å². The van der Waals surface area contributed by atoms with Crippen molar-refractivity contribution >= 4 is 23.9 Å². The van der Waals surface area contributed by atoms with Gasteiger partial charge in [-0.25, -0.2) is 9.59 Å². The fourth-order valence-electron chi connectivity index (χ4n) is 1.10. The third-order valence-electron chi connectivity index (χ3n) is 2.02. The average molecular weight is 291 g/mol. The Hall–Kier alpha value is -2.36. The van der Waals surface area contributed by atoms with E-state index in [1.54, 1.807) is 0 Å². The van der Waals surface area contributed by atoms with Crippen molar-refractivity contribution in [2.24, 2.45) is 0 Å². The Morgan fingerprint density at radius 3 is 2.30 bits per heavy atom. The first-order valence-corrected chi connectivity index (χ1v) is 5.61. The summed E-state index contributed by atoms with van der Waals surface area (Å²) < 4.78 is 4.70. The van der Waals surface area contributed by atoms with Crippen molar-refractivity contribution < 1.29 is 34.1 Å². The number of amides is 3. The number of ether oxygens (including phenoxy) is 1. The van der Waals surface area contributed by atoms with Gasteiger partial charge >= 0.3 is 18.0 Å². The molecule has 0 aromatic rings. The van der Waals surface area contributed by atoms with E-state index in [2.05, 4.69) is 10.6 Å². The summed E-state index contributed by atoms with van der Waals surface area (Å²) in [6.45, 7) is 0.224. The van der Waals surface area contributed by atoms with E-state index >= 15 is 0 Å². The summed E-state index contributed by atoms with van der Waals surface area (Å²) in [5, 5.41) is 23.6. The largest absolute Gasteiger partial charge is 0.481 e. The molecule has 0 fully saturated rings. The minimum atomic E-state index is -1.57. The van der Waals surface area contributed by atoms with Gasteiger partial charge in [0.15, 0.2) is 0 Å². The van der Waals surface area contributed by atoms with Gasteiger partial charge in [-0.2, -0.15) is 0 Å². The zero-order valence-electron chi connectivity index (χ0n) is 10.8. The van der Waals surface area contributed by atoms with E-state index in [4.69, 9.17) is 14.9 Å². The molecule has 10 nitrogen and oxygen atoms in total. The van der Waals surface area contributed by atoms with Gasteiger partial charge in [0, 0.05) is 13.7 Å². The maximum absolute atomic E-state index is 11.3. The molecule has 0 aliphatic heterocycles. The van der Waals surface area contributed by atoms with Crippen molar-refractivity contribution in [1.82, 2.24) is 16.0 Å². The van der Waals surface area contributed by atoms with E-state index in [1.165, 1.54) is 7.11 Å². The lowest BCUT2D eigenvalue weighted by Crippen LogP contribution is -2.49. The van der Waals surface area contributed by atoms with E-state index < -0.39 is 36.3 Å². The van der Waals surface area contributed by atoms with Gasteiger partial charge in [-0.3, -0.25) is 9.59 Å². The lowest BCUT2D eigenvalue weighted by molar-refractivity contribution is -0.145. The van der Waals surface area contributed by atoms with Crippen molar-refractivity contribution in [3.05, 3.63) is 0 Å². The number of hydrogen-bond donors (Lipinski definition) is 5. The lowest BCUT2D eigenvalue weighted by Gasteiger charge is -2.13. The minimum absolute atomic E-state index is 0.273. The van der Waals surface area contributed by atoms with Crippen LogP contribution in [-0.2, 0) is 19.1 Å². The van der Waals surface area contributed by atoms with Crippen molar-refractivity contribution in [2.75, 3.05) is 26.8 Å². The number of urea groups is 1. The Balaban J connectivity index is 4.04. The molecule has 0 aromatic carbocycles. The highest BCUT2D eigenvalue weighted by atomic mass is 16.5. The number of methoxy groups -OCH3 is 1. The molecule has 10 heteroatoms. The molecule has 0 aliphatic rings. The molecule has 0 radical (unpaired) electrons. The second kappa shape index (κ2) is 9.55. The van der Waals surface area contributed by atoms with Crippen LogP contribution >= 0.6 is 0 Å². The number of nitrogens with one attached hydrogen (secondary N) is 3. The van der Waals surface area contributed by atoms with Gasteiger partial charge in [-0.15, -0.1) is 0 Å². The average Bonchev–Trinajstić information content (AvgIpc) is 2.35. The Morgan fingerprint density at radius 2 is 1.80 bits per heavy atom. The first kappa shape index (κ1) is 17.6. The molecule has 0 rings (SSSR count). The van der Waals surface area contributed by atoms with Crippen LogP contribution in [0.2, 0.25) is 0 Å². The third kappa shape index (κ3) is 8.69. The number of rotatable bonds is 9. The molecule has 0 spiro atoms. The number of hydrogen-bond acceptors (Lipinski definition) is 5. The first-order chi connectivity index (χ1) is 9.36. The zero-order chi connectivity index (χ0) is 15.5. The fourth-order valence-corrected chi connectivity index (χ4v) is 1.10. The summed E-state index contributed by atoms with van der Waals surface area (Å²) in [5.74, 6) is -3.33. The Kier molecular flexibility index (Phi) is 8.43. The maximum Gasteiger partial charge on any atom is 0.326 e. The highest BCUT2D eigenvalue weighted by Gasteiger charge is 2.22. The van der Waals surface area contributed by atoms with Gasteiger partial charge in [-0.1, -0.05) is 0 Å². The normalized spacial score (nSPS) is 11.2. The standard InChI is InChI=1S/C10H17N3O7/c1-20-3-2-11-7(14)5-12-10(19)13-6(9(17)18)4-8(15)16/h6H,2-5H2,1H3,(H,11,14)(H,15,16)(H,17,18)(H2,12,13,19)/t6-/m1/s1. The molecule has 0 unspecified atom stereocenters. The van der Waals surface area contributed by atoms with Gasteiger partial charge in [0.25, 0.3) is 0 Å². The number of carboxylic acid groups (broad SMARTS) is 2. The third-order valence-corrected chi connectivity index (χ3v) is 2.02. The van der Waals surface area contributed by atoms with Gasteiger partial charge in [0.1, 0.15) is 6.04 Å². The monoisotopic (exact) mass is 291 g/mol. The molecule has 0 saturated carbocycles. The van der Waals surface area contributed by atoms with Gasteiger partial charge in [-0.05, 0) is 0 Å². The van der Waals surface area contributed by atoms with E-state index in [0.29, 0.717) is 6.61 Å². The first-order valence-electron chi connectivity index (χ1n) is 5.61. The molecule has 5 N–H and O–H groups in total. The number of carbonyl (C=O) groups excluding carboxylic acids is 2. The van der Waals surface area contributed by atoms with E-state index in [9.17, 15) is 19.2 Å². The van der Waals surface area contributed by atoms with E-state index in [-0.39, 0.29) is 13.1 Å². The minimum Gasteiger partial charge on any atom is -0.481 e. The molecule has 0 aromatic heterocycles. The van der Waals surface area contributed by atoms with Crippen molar-refractivity contribution in [3.63, 3.8) is 0 Å². The van der Waals surface area contributed by atoms with Gasteiger partial charge in [0.2, 0.25) is 5.91 Å². The molecule has 0 aliphatic carbocycles. The second-order valence-corrected chi connectivity index (χ2v) is 3.66. The summed E-state index contributed by atoms with van der Waals surface area (Å²) >= 11 is 0. The van der Waals surface area contributed by atoms with E-state index in [1.807, 2.05) is 5.32 Å². The summed E-state index contributed by atoms with van der Waals surface area (Å²) in [4.78, 5) is 43.6. The predicted molar refractivity (Wildman–Crippen MR) is 65.1 cm³/mol. The molecule has 1 atom stereocenters. The smallest absolute Gasteiger partial charge is 0.326 e. The van der Waals surface area contributed by atoms with Crippen LogP contribution < -0.4 is 16.0 Å². The Labute approximate surface area is 114 Å². The van der Waals surface area contributed by atoms with Crippen molar-refractivity contribution in [2.45, 2.75) is 12.5 Å². The number of carboxylic acids is 2. The molecule has 3 amide bonds. The van der Waals surface area contributed by atoms with Gasteiger partial charge in [0.05, 0.1) is 19.6 Å². The number of aliphatic carboxylic acids is 2. The lowest BCUT2D eigenvalue weighted by atomic mass is 10.2. The molecular formula is C10H17N3O7. The van der Waals surface area contributed by atoms with Crippen LogP contribution in [0.3, 0.4) is 0 Å². The molecule has 20 heavy (non-hydrogen) atoms. The molecular weight excluding hydrogens is 274 g/mol. The number of carbonyl (C=O) groups is 4. The van der Waals surface area contributed by atoms with E-state index in [0.717, 1.165) is 0 Å². The molecule has 0 bridgehead atoms. The van der Waals surface area contributed by atoms with Crippen LogP contribution in [0.5, 0.6) is 0 Å². The Morgan fingerprint density at radius 1 is 1.15 bits per heavy atom. The second-order valence-electron chi connectivity index (χ2n) is 3.66. The highest BCUT2D eigenvalue weighted by molar-refractivity contribution is 5.88. The molecule has 114 valence electrons. The topological polar surface area (TPSA) is 154 Å². The van der Waals surface area contributed by atoms with Crippen LogP contribution in [-0.4, -0.2) is 66.9 Å². The van der Waals surface area contributed by atoms with Crippen LogP contribution in [0.15, 0.2) is 0 Å². The molecule has 0 heterocycles. The maximum atomic E-state index is 11.3. The SMILES string of the molecule is COCCNC(=O)CNC(=O)N[C@H](CC(=O)O)C(=O)O. The summed E-state index contributed by atoms with van der Waals surface area (Å²) in [5.41, 5.74) is 0. The van der Waals surface area contributed by atoms with Crippen LogP contribution in [0.25, 0.3) is 0 Å². The van der Waals surface area contributed by atoms with Crippen molar-refractivity contribution in [1.29, 1.82) is 0 Å². The van der Waals surface area contributed by atoms with Crippen molar-refractivity contribution in [3.8, 4) is 0 Å². The summed E-state index contributed by atoms with van der Waals surface area (Å²) in [6, 6.07) is -2.51. The predicted octanol–water partition coefficient (Wildman–Crippen LogP) is -2.02. The Bertz CT molecular complexity index is 372. The fraction of sp³-hybridized carbons (Fsp3) is 0.600. The van der Waals surface area contributed by atoms with Gasteiger partial charge < -0.3 is 30.9 Å². The zero-order valence-corrected chi connectivity index (χ0v) is 10.8. The molecule has 0 saturated heterocycles.